The van der Waals surface area contributed by atoms with E-state index in [-0.39, 0.29) is 43.1 Å². The summed E-state index contributed by atoms with van der Waals surface area (Å²) in [6.45, 7) is -0.109. The molecule has 4 N–H and O–H groups in total. The fraction of sp³-hybridized carbons (Fsp3) is 0.500. The number of hydrogen-bond acceptors (Lipinski definition) is 8. The van der Waals surface area contributed by atoms with Gasteiger partial charge in [-0.2, -0.15) is 0 Å². The molecule has 0 amide bonds. The molecule has 0 aliphatic heterocycles. The Bertz CT molecular complexity index is 438. The molecule has 0 unspecified atom stereocenters. The van der Waals surface area contributed by atoms with Crippen molar-refractivity contribution < 1.29 is 15.1 Å². The highest BCUT2D eigenvalue weighted by Gasteiger charge is 2.23. The third-order valence-corrected chi connectivity index (χ3v) is 2.31. The van der Waals surface area contributed by atoms with E-state index in [1.165, 1.54) is 4.90 Å². The molecule has 0 saturated heterocycles. The van der Waals surface area contributed by atoms with Crippen LogP contribution in [-0.2, 0) is 0 Å². The molecule has 18 heavy (non-hydrogen) atoms. The topological polar surface area (TPSA) is 139 Å². The Morgan fingerprint density at radius 3 is 2.33 bits per heavy atom. The van der Waals surface area contributed by atoms with E-state index in [1.807, 2.05) is 0 Å². The van der Waals surface area contributed by atoms with E-state index >= 15 is 0 Å². The lowest BCUT2D eigenvalue weighted by atomic mass is 10.4. The Morgan fingerprint density at radius 1 is 1.33 bits per heavy atom. The van der Waals surface area contributed by atoms with Crippen LogP contribution >= 0.6 is 11.6 Å². The van der Waals surface area contributed by atoms with Crippen LogP contribution in [0.15, 0.2) is 0 Å². The predicted molar refractivity (Wildman–Crippen MR) is 64.5 cm³/mol. The molecule has 0 aliphatic carbocycles. The Kier molecular flexibility index (Phi) is 5.01. The number of nitro groups is 1. The van der Waals surface area contributed by atoms with Gasteiger partial charge in [-0.25, -0.2) is 4.98 Å². The number of hydrogen-bond donors (Lipinski definition) is 3. The van der Waals surface area contributed by atoms with Crippen molar-refractivity contribution in [1.29, 1.82) is 0 Å². The second kappa shape index (κ2) is 6.28. The quantitative estimate of drug-likeness (QED) is 0.463. The van der Waals surface area contributed by atoms with Crippen LogP contribution in [0, 0.1) is 10.1 Å². The minimum Gasteiger partial charge on any atom is -0.395 e. The number of aliphatic hydroxyl groups is 2. The fourth-order valence-corrected chi connectivity index (χ4v) is 1.55. The van der Waals surface area contributed by atoms with E-state index in [0.29, 0.717) is 0 Å². The van der Waals surface area contributed by atoms with Crippen molar-refractivity contribution in [3.05, 3.63) is 15.3 Å². The molecule has 0 bridgehead atoms. The molecule has 10 heteroatoms. The highest BCUT2D eigenvalue weighted by atomic mass is 35.5. The molecular formula is C8H12ClN5O4. The first-order valence-corrected chi connectivity index (χ1v) is 5.33. The summed E-state index contributed by atoms with van der Waals surface area (Å²) in [5, 5.41) is 28.1. The van der Waals surface area contributed by atoms with Crippen LogP contribution in [0.5, 0.6) is 0 Å². The van der Waals surface area contributed by atoms with Crippen molar-refractivity contribution in [3.63, 3.8) is 0 Å². The fourth-order valence-electron chi connectivity index (χ4n) is 1.31. The summed E-state index contributed by atoms with van der Waals surface area (Å²) in [6.07, 6.45) is 0. The zero-order chi connectivity index (χ0) is 13.7. The van der Waals surface area contributed by atoms with Gasteiger partial charge in [0, 0.05) is 13.1 Å². The normalized spacial score (nSPS) is 10.4. The van der Waals surface area contributed by atoms with Crippen LogP contribution in [0.3, 0.4) is 0 Å². The van der Waals surface area contributed by atoms with Crippen LogP contribution in [0.2, 0.25) is 5.15 Å². The first-order chi connectivity index (χ1) is 8.51. The van der Waals surface area contributed by atoms with Gasteiger partial charge in [-0.3, -0.25) is 0 Å². The van der Waals surface area contributed by atoms with Crippen LogP contribution < -0.4 is 10.6 Å². The van der Waals surface area contributed by atoms with E-state index in [1.54, 1.807) is 0 Å². The predicted octanol–water partition coefficient (Wildman–Crippen LogP) is -0.589. The first-order valence-electron chi connectivity index (χ1n) is 4.95. The minimum atomic E-state index is -0.791. The number of halogens is 1. The lowest BCUT2D eigenvalue weighted by Crippen LogP contribution is -2.31. The molecule has 100 valence electrons. The summed E-state index contributed by atoms with van der Waals surface area (Å²) in [5.74, 6) is -0.917. The number of aliphatic hydroxyl groups excluding tert-OH is 2. The molecule has 0 saturated carbocycles. The van der Waals surface area contributed by atoms with E-state index in [4.69, 9.17) is 27.5 Å². The Labute approximate surface area is 107 Å². The molecule has 0 aliphatic rings. The highest BCUT2D eigenvalue weighted by Crippen LogP contribution is 2.27. The van der Waals surface area contributed by atoms with Crippen LogP contribution in [0.25, 0.3) is 0 Å². The maximum atomic E-state index is 10.6. The number of aromatic nitrogens is 2. The van der Waals surface area contributed by atoms with Gasteiger partial charge in [0.05, 0.1) is 13.2 Å². The maximum absolute atomic E-state index is 10.6. The lowest BCUT2D eigenvalue weighted by Gasteiger charge is -2.20. The van der Waals surface area contributed by atoms with Gasteiger partial charge in [0.2, 0.25) is 5.82 Å². The zero-order valence-electron chi connectivity index (χ0n) is 9.28. The minimum absolute atomic E-state index is 0.0860. The standard InChI is InChI=1S/C8H12ClN5O4/c9-5-7(13(1-3-15)2-4-16)12-6(10)8(11-5)14(17)18/h15-16H,1-4H2,(H2,10,12). The van der Waals surface area contributed by atoms with E-state index in [9.17, 15) is 10.1 Å². The maximum Gasteiger partial charge on any atom is 0.408 e. The molecule has 1 heterocycles. The summed E-state index contributed by atoms with van der Waals surface area (Å²) in [4.78, 5) is 18.5. The Hall–Kier alpha value is -1.71. The number of anilines is 2. The second-order valence-electron chi connectivity index (χ2n) is 3.24. The number of nitrogens with two attached hydrogens (primary N) is 1. The van der Waals surface area contributed by atoms with E-state index < -0.39 is 10.7 Å². The molecule has 0 spiro atoms. The van der Waals surface area contributed by atoms with Gasteiger partial charge in [-0.1, -0.05) is 0 Å². The van der Waals surface area contributed by atoms with Crippen molar-refractivity contribution >= 4 is 29.1 Å². The first kappa shape index (κ1) is 14.4. The van der Waals surface area contributed by atoms with Gasteiger partial charge >= 0.3 is 5.82 Å². The van der Waals surface area contributed by atoms with Gasteiger partial charge in [0.1, 0.15) is 0 Å². The lowest BCUT2D eigenvalue weighted by molar-refractivity contribution is -0.388. The molecule has 0 fully saturated rings. The van der Waals surface area contributed by atoms with E-state index in [0.717, 1.165) is 0 Å². The molecular weight excluding hydrogens is 266 g/mol. The SMILES string of the molecule is Nc1nc(N(CCO)CCO)c(Cl)nc1[N+](=O)[O-]. The smallest absolute Gasteiger partial charge is 0.395 e. The summed E-state index contributed by atoms with van der Waals surface area (Å²) >= 11 is 5.77. The molecule has 9 nitrogen and oxygen atoms in total. The number of nitrogen functional groups attached to an aromatic ring is 1. The molecule has 0 atom stereocenters. The highest BCUT2D eigenvalue weighted by molar-refractivity contribution is 6.31. The van der Waals surface area contributed by atoms with Gasteiger partial charge < -0.3 is 31.0 Å². The monoisotopic (exact) mass is 277 g/mol. The van der Waals surface area contributed by atoms with Crippen molar-refractivity contribution in [2.24, 2.45) is 0 Å². The van der Waals surface area contributed by atoms with Crippen LogP contribution in [-0.4, -0.2) is 51.4 Å². The van der Waals surface area contributed by atoms with Gasteiger partial charge in [-0.05, 0) is 21.5 Å². The summed E-state index contributed by atoms with van der Waals surface area (Å²) in [5.41, 5.74) is 5.40. The van der Waals surface area contributed by atoms with Crippen molar-refractivity contribution in [2.75, 3.05) is 36.9 Å². The van der Waals surface area contributed by atoms with Gasteiger partial charge in [0.15, 0.2) is 5.82 Å². The Balaban J connectivity index is 3.15. The van der Waals surface area contributed by atoms with Crippen molar-refractivity contribution in [1.82, 2.24) is 9.97 Å². The average Bonchev–Trinajstić information content (AvgIpc) is 2.31. The average molecular weight is 278 g/mol. The summed E-state index contributed by atoms with van der Waals surface area (Å²) in [7, 11) is 0. The molecule has 1 aromatic rings. The molecule has 1 aromatic heterocycles. The van der Waals surface area contributed by atoms with Gasteiger partial charge in [0.25, 0.3) is 5.15 Å². The van der Waals surface area contributed by atoms with E-state index in [2.05, 4.69) is 9.97 Å². The van der Waals surface area contributed by atoms with Crippen LogP contribution in [0.4, 0.5) is 17.5 Å². The summed E-state index contributed by atoms with van der Waals surface area (Å²) < 4.78 is 0. The molecule has 0 radical (unpaired) electrons. The third kappa shape index (κ3) is 3.15. The molecule has 1 rings (SSSR count). The third-order valence-electron chi connectivity index (χ3n) is 2.06. The summed E-state index contributed by atoms with van der Waals surface area (Å²) in [6, 6.07) is 0. The van der Waals surface area contributed by atoms with Crippen molar-refractivity contribution in [3.8, 4) is 0 Å². The van der Waals surface area contributed by atoms with Gasteiger partial charge in [-0.15, -0.1) is 0 Å². The van der Waals surface area contributed by atoms with Crippen LogP contribution in [0.1, 0.15) is 0 Å². The Morgan fingerprint density at radius 2 is 1.89 bits per heavy atom. The largest absolute Gasteiger partial charge is 0.408 e. The molecule has 0 aromatic carbocycles. The number of nitrogens with zero attached hydrogens (tertiary/aromatic N) is 4. The number of rotatable bonds is 6. The second-order valence-corrected chi connectivity index (χ2v) is 3.60. The zero-order valence-corrected chi connectivity index (χ0v) is 10.0. The van der Waals surface area contributed by atoms with Crippen molar-refractivity contribution in [2.45, 2.75) is 0 Å².